The summed E-state index contributed by atoms with van der Waals surface area (Å²) in [6.07, 6.45) is 5.83. The van der Waals surface area contributed by atoms with Gasteiger partial charge in [0.2, 0.25) is 23.4 Å². The highest BCUT2D eigenvalue weighted by atomic mass is 16.5. The zero-order valence-corrected chi connectivity index (χ0v) is 34.3. The van der Waals surface area contributed by atoms with Crippen molar-refractivity contribution in [2.45, 2.75) is 52.4 Å². The summed E-state index contributed by atoms with van der Waals surface area (Å²) in [6, 6.07) is 22.7. The predicted octanol–water partition coefficient (Wildman–Crippen LogP) is 5.78. The highest BCUT2D eigenvalue weighted by molar-refractivity contribution is 5.95. The van der Waals surface area contributed by atoms with Gasteiger partial charge in [0.1, 0.15) is 11.6 Å². The first-order valence-electron chi connectivity index (χ1n) is 18.9. The molecule has 0 aliphatic rings. The molecule has 1 amide bonds. The molecule has 0 aliphatic heterocycles. The molecule has 6 N–H and O–H groups in total. The van der Waals surface area contributed by atoms with Crippen molar-refractivity contribution in [1.29, 1.82) is 0 Å². The number of pyridine rings is 2. The van der Waals surface area contributed by atoms with E-state index in [4.69, 9.17) is 19.9 Å². The van der Waals surface area contributed by atoms with Crippen LogP contribution < -0.4 is 11.1 Å². The predicted molar refractivity (Wildman–Crippen MR) is 223 cm³/mol. The fraction of sp³-hybridized carbons (Fsp3) is 0.238. The number of H-pyrrole nitrogens is 2. The van der Waals surface area contributed by atoms with Crippen LogP contribution in [0.2, 0.25) is 0 Å². The number of aromatic carboxylic acids is 1. The number of aromatic amines is 2. The third-order valence-corrected chi connectivity index (χ3v) is 9.08. The summed E-state index contributed by atoms with van der Waals surface area (Å²) < 4.78 is 9.77. The van der Waals surface area contributed by atoms with E-state index in [0.29, 0.717) is 64.9 Å². The van der Waals surface area contributed by atoms with Gasteiger partial charge in [-0.05, 0) is 12.1 Å². The van der Waals surface area contributed by atoms with Crippen LogP contribution in [0.25, 0.3) is 45.6 Å². The molecule has 6 heterocycles. The highest BCUT2D eigenvalue weighted by Gasteiger charge is 2.27. The Morgan fingerprint density at radius 2 is 1.10 bits per heavy atom. The molecule has 0 atom stereocenters. The largest absolute Gasteiger partial charge is 0.478 e. The fourth-order valence-corrected chi connectivity index (χ4v) is 5.34. The maximum absolute atomic E-state index is 12.7. The van der Waals surface area contributed by atoms with Crippen LogP contribution in [-0.2, 0) is 10.8 Å². The van der Waals surface area contributed by atoms with Crippen LogP contribution in [0, 0.1) is 13.8 Å². The number of nitrogens with zero attached hydrogens (tertiary/aromatic N) is 10. The molecule has 61 heavy (non-hydrogen) atoms. The van der Waals surface area contributed by atoms with E-state index in [-0.39, 0.29) is 16.9 Å². The van der Waals surface area contributed by atoms with Crippen molar-refractivity contribution < 1.29 is 23.7 Å². The molecule has 19 heteroatoms. The average molecular weight is 825 g/mol. The molecule has 0 spiro atoms. The minimum Gasteiger partial charge on any atom is -0.478 e. The SMILES string of the molecule is CC(C)(CN)c1nc(-c2ccccc2)n[nH]1.Cc1nc(-c2cncc(C(=O)NCC(C)(C)c3nc(-c4ccccc4)n[nH]3)c2)no1.Cc1nc(-c2cncc(C(=O)O)c2)no1. The smallest absolute Gasteiger partial charge is 0.337 e. The molecule has 312 valence electrons. The zero-order valence-electron chi connectivity index (χ0n) is 34.3. The van der Waals surface area contributed by atoms with E-state index >= 15 is 0 Å². The Bertz CT molecular complexity index is 2690. The van der Waals surface area contributed by atoms with Gasteiger partial charge in [-0.25, -0.2) is 14.8 Å². The average Bonchev–Trinajstić information content (AvgIpc) is 4.13. The first-order valence-corrected chi connectivity index (χ1v) is 18.9. The summed E-state index contributed by atoms with van der Waals surface area (Å²) in [5, 5.41) is 33.7. The Morgan fingerprint density at radius 1 is 0.639 bits per heavy atom. The number of carboxylic acids is 1. The van der Waals surface area contributed by atoms with E-state index < -0.39 is 11.4 Å². The minimum absolute atomic E-state index is 0.0925. The summed E-state index contributed by atoms with van der Waals surface area (Å²) in [5.74, 6) is 3.17. The topological polar surface area (TPSA) is 279 Å². The Hall–Kier alpha value is -7.80. The number of carbonyl (C=O) groups is 2. The number of aromatic nitrogens is 12. The van der Waals surface area contributed by atoms with Crippen LogP contribution in [0.4, 0.5) is 0 Å². The lowest BCUT2D eigenvalue weighted by molar-refractivity contribution is 0.0696. The molecule has 0 fully saturated rings. The Labute approximate surface area is 349 Å². The number of carboxylic acid groups (broad SMARTS) is 1. The summed E-state index contributed by atoms with van der Waals surface area (Å²) in [4.78, 5) is 48.5. The lowest BCUT2D eigenvalue weighted by Gasteiger charge is -2.22. The third kappa shape index (κ3) is 11.0. The van der Waals surface area contributed by atoms with Crippen molar-refractivity contribution in [3.8, 4) is 45.6 Å². The van der Waals surface area contributed by atoms with Gasteiger partial charge in [-0.2, -0.15) is 20.2 Å². The molecular formula is C42H44N14O5. The zero-order chi connectivity index (χ0) is 43.6. The van der Waals surface area contributed by atoms with Crippen LogP contribution in [0.1, 0.15) is 71.8 Å². The minimum atomic E-state index is -1.04. The van der Waals surface area contributed by atoms with Crippen LogP contribution in [0.3, 0.4) is 0 Å². The standard InChI is InChI=1S/C21H21N7O2.C12H16N4.C9H7N3O3/c1-13-24-18(28-30-13)15-9-16(11-22-10-15)19(29)23-12-21(2,3)20-25-17(26-27-20)14-7-5-4-6-8-14;1-12(2,8-13)11-14-10(15-16-11)9-6-4-3-5-7-9;1-5-11-8(12-15-5)6-2-7(9(13)14)4-10-3-6/h4-11H,12H2,1-3H3,(H,23,29)(H,25,26,27);3-7H,8,13H2,1-2H3,(H,14,15,16);2-4H,1H3,(H,13,14). The molecule has 0 bridgehead atoms. The van der Waals surface area contributed by atoms with Crippen LogP contribution in [-0.4, -0.2) is 90.7 Å². The number of benzene rings is 2. The van der Waals surface area contributed by atoms with Crippen molar-refractivity contribution in [2.75, 3.05) is 13.1 Å². The Morgan fingerprint density at radius 3 is 1.54 bits per heavy atom. The molecule has 0 radical (unpaired) electrons. The second kappa shape index (κ2) is 18.9. The van der Waals surface area contributed by atoms with E-state index in [9.17, 15) is 9.59 Å². The Balaban J connectivity index is 0.000000169. The molecule has 6 aromatic heterocycles. The van der Waals surface area contributed by atoms with Gasteiger partial charge >= 0.3 is 5.97 Å². The first-order chi connectivity index (χ1) is 29.2. The number of nitrogens with two attached hydrogens (primary N) is 1. The Kier molecular flexibility index (Phi) is 13.2. The van der Waals surface area contributed by atoms with Crippen molar-refractivity contribution >= 4 is 11.9 Å². The van der Waals surface area contributed by atoms with E-state index in [1.807, 2.05) is 88.4 Å². The van der Waals surface area contributed by atoms with Crippen LogP contribution >= 0.6 is 0 Å². The summed E-state index contributed by atoms with van der Waals surface area (Å²) in [7, 11) is 0. The summed E-state index contributed by atoms with van der Waals surface area (Å²) >= 11 is 0. The van der Waals surface area contributed by atoms with E-state index in [2.05, 4.69) is 65.9 Å². The molecule has 8 aromatic rings. The molecule has 8 rings (SSSR count). The molecule has 0 aliphatic carbocycles. The van der Waals surface area contributed by atoms with Gasteiger partial charge in [-0.15, -0.1) is 0 Å². The molecule has 19 nitrogen and oxygen atoms in total. The van der Waals surface area contributed by atoms with Gasteiger partial charge in [0.15, 0.2) is 11.6 Å². The van der Waals surface area contributed by atoms with Gasteiger partial charge in [0.05, 0.1) is 11.1 Å². The number of aryl methyl sites for hydroxylation is 2. The highest BCUT2D eigenvalue weighted by Crippen LogP contribution is 2.24. The molecule has 0 saturated heterocycles. The van der Waals surface area contributed by atoms with Crippen LogP contribution in [0.15, 0.2) is 107 Å². The number of amides is 1. The van der Waals surface area contributed by atoms with Crippen LogP contribution in [0.5, 0.6) is 0 Å². The maximum atomic E-state index is 12.7. The summed E-state index contributed by atoms with van der Waals surface area (Å²) in [5.41, 5.74) is 8.66. The van der Waals surface area contributed by atoms with Crippen molar-refractivity contribution in [3.63, 3.8) is 0 Å². The number of nitrogens with one attached hydrogen (secondary N) is 3. The second-order valence-electron chi connectivity index (χ2n) is 14.9. The second-order valence-corrected chi connectivity index (χ2v) is 14.9. The normalized spacial score (nSPS) is 11.2. The molecule has 0 unspecified atom stereocenters. The van der Waals surface area contributed by atoms with E-state index in [1.165, 1.54) is 24.7 Å². The van der Waals surface area contributed by atoms with Gasteiger partial charge in [0, 0.05) is 84.8 Å². The number of hydrogen-bond acceptors (Lipinski definition) is 15. The first kappa shape index (κ1) is 42.8. The van der Waals surface area contributed by atoms with E-state index in [1.54, 1.807) is 26.1 Å². The number of carbonyl (C=O) groups excluding carboxylic acids is 1. The number of rotatable bonds is 11. The lowest BCUT2D eigenvalue weighted by atomic mass is 9.92. The maximum Gasteiger partial charge on any atom is 0.337 e. The fourth-order valence-electron chi connectivity index (χ4n) is 5.34. The van der Waals surface area contributed by atoms with Gasteiger partial charge in [-0.1, -0.05) is 98.7 Å². The molecule has 2 aromatic carbocycles. The number of hydrogen-bond donors (Lipinski definition) is 5. The van der Waals surface area contributed by atoms with Gasteiger partial charge < -0.3 is 25.2 Å². The summed E-state index contributed by atoms with van der Waals surface area (Å²) in [6.45, 7) is 12.3. The van der Waals surface area contributed by atoms with Gasteiger partial charge in [0.25, 0.3) is 5.91 Å². The quantitative estimate of drug-likeness (QED) is 0.103. The van der Waals surface area contributed by atoms with E-state index in [0.717, 1.165) is 22.8 Å². The van der Waals surface area contributed by atoms with Crippen molar-refractivity contribution in [3.05, 3.63) is 132 Å². The lowest BCUT2D eigenvalue weighted by Crippen LogP contribution is -2.37. The van der Waals surface area contributed by atoms with Crippen molar-refractivity contribution in [1.82, 2.24) is 65.9 Å². The third-order valence-electron chi connectivity index (χ3n) is 9.08. The molecular weight excluding hydrogens is 781 g/mol. The monoisotopic (exact) mass is 824 g/mol. The van der Waals surface area contributed by atoms with Crippen molar-refractivity contribution in [2.24, 2.45) is 5.73 Å². The molecule has 0 saturated carbocycles. The van der Waals surface area contributed by atoms with Gasteiger partial charge in [-0.3, -0.25) is 25.0 Å².